The molecule has 0 aliphatic heterocycles. The lowest BCUT2D eigenvalue weighted by molar-refractivity contribution is 0.0354. The highest BCUT2D eigenvalue weighted by molar-refractivity contribution is 9.10. The van der Waals surface area contributed by atoms with Crippen LogP contribution in [0.25, 0.3) is 0 Å². The zero-order valence-electron chi connectivity index (χ0n) is 11.7. The van der Waals surface area contributed by atoms with Gasteiger partial charge >= 0.3 is 0 Å². The van der Waals surface area contributed by atoms with Gasteiger partial charge in [0.15, 0.2) is 11.6 Å². The fraction of sp³-hybridized carbons (Fsp3) is 0.571. The van der Waals surface area contributed by atoms with Crippen molar-refractivity contribution in [3.05, 3.63) is 27.5 Å². The Morgan fingerprint density at radius 2 is 1.26 bits per heavy atom. The van der Waals surface area contributed by atoms with E-state index in [0.717, 1.165) is 13.8 Å². The Morgan fingerprint density at radius 1 is 0.913 bits per heavy atom. The summed E-state index contributed by atoms with van der Waals surface area (Å²) >= 11 is 2.53. The molecule has 1 aromatic rings. The molecule has 2 aliphatic carbocycles. The second-order valence-electron chi connectivity index (χ2n) is 6.06. The molecular weight excluding hydrogens is 397 g/mol. The van der Waals surface area contributed by atoms with E-state index in [1.54, 1.807) is 0 Å². The summed E-state index contributed by atoms with van der Waals surface area (Å²) in [4.78, 5) is 0. The van der Waals surface area contributed by atoms with Crippen molar-refractivity contribution in [2.75, 3.05) is 0 Å². The van der Waals surface area contributed by atoms with E-state index < -0.39 is 62.2 Å². The predicted molar refractivity (Wildman–Crippen MR) is 69.6 cm³/mol. The largest absolute Gasteiger partial charge is 0.505 e. The maximum Gasteiger partial charge on any atom is 0.292 e. The minimum atomic E-state index is -3.91. The number of benzene rings is 1. The molecule has 3 rings (SSSR count). The van der Waals surface area contributed by atoms with Gasteiger partial charge in [-0.05, 0) is 22.0 Å². The molecule has 128 valence electrons. The van der Waals surface area contributed by atoms with Crippen molar-refractivity contribution in [1.82, 2.24) is 0 Å². The fourth-order valence-electron chi connectivity index (χ4n) is 3.05. The topological polar surface area (TPSA) is 20.2 Å². The van der Waals surface area contributed by atoms with E-state index in [4.69, 9.17) is 0 Å². The maximum absolute atomic E-state index is 14.5. The Balaban J connectivity index is 2.23. The maximum atomic E-state index is 14.5. The monoisotopic (exact) mass is 406 g/mol. The van der Waals surface area contributed by atoms with Crippen LogP contribution in [0.3, 0.4) is 0 Å². The van der Waals surface area contributed by atoms with E-state index in [1.165, 1.54) is 0 Å². The van der Waals surface area contributed by atoms with E-state index in [9.17, 15) is 35.8 Å². The van der Waals surface area contributed by atoms with Crippen LogP contribution in [-0.4, -0.2) is 17.0 Å². The number of halogens is 8. The first-order valence-corrected chi connectivity index (χ1v) is 7.42. The highest BCUT2D eigenvalue weighted by Crippen LogP contribution is 2.72. The Labute approximate surface area is 134 Å². The number of phenolic OH excluding ortho intramolecular Hbond substituents is 1. The molecule has 1 aromatic carbocycles. The van der Waals surface area contributed by atoms with Crippen molar-refractivity contribution in [2.24, 2.45) is 11.8 Å². The highest BCUT2D eigenvalue weighted by atomic mass is 79.9. The van der Waals surface area contributed by atoms with Crippen molar-refractivity contribution < 1.29 is 35.8 Å². The Kier molecular flexibility index (Phi) is 3.04. The molecule has 2 aliphatic rings. The van der Waals surface area contributed by atoms with Crippen molar-refractivity contribution in [3.63, 3.8) is 0 Å². The number of alkyl halides is 6. The molecule has 0 spiro atoms. The molecule has 0 saturated heterocycles. The molecular formula is C14H10BrF7O. The Bertz CT molecular complexity index is 665. The van der Waals surface area contributed by atoms with Gasteiger partial charge in [0.2, 0.25) is 11.3 Å². The van der Waals surface area contributed by atoms with Crippen molar-refractivity contribution in [1.29, 1.82) is 0 Å². The molecule has 23 heavy (non-hydrogen) atoms. The highest BCUT2D eigenvalue weighted by Gasteiger charge is 2.84. The van der Waals surface area contributed by atoms with E-state index >= 15 is 0 Å². The first kappa shape index (κ1) is 16.9. The standard InChI is InChI=1S/C14H10BrF7O/c1-4-11(17,13(4,19)20)6-3-7(10(23)9(16)8(6)15)12(18)5(2)14(12,21)22/h3-5,23H,1-2H3. The van der Waals surface area contributed by atoms with Crippen LogP contribution >= 0.6 is 15.9 Å². The predicted octanol–water partition coefficient (Wildman–Crippen LogP) is 5.19. The molecule has 0 heterocycles. The number of aromatic hydroxyl groups is 1. The third-order valence-electron chi connectivity index (χ3n) is 5.05. The molecule has 0 bridgehead atoms. The number of hydrogen-bond donors (Lipinski definition) is 1. The van der Waals surface area contributed by atoms with E-state index in [0.29, 0.717) is 6.07 Å². The van der Waals surface area contributed by atoms with Gasteiger partial charge in [0.25, 0.3) is 11.8 Å². The lowest BCUT2D eigenvalue weighted by Crippen LogP contribution is -2.16. The summed E-state index contributed by atoms with van der Waals surface area (Å²) in [6, 6.07) is 0.358. The average Bonchev–Trinajstić information content (AvgIpc) is 3.06. The van der Waals surface area contributed by atoms with Crippen LogP contribution in [0.15, 0.2) is 10.5 Å². The van der Waals surface area contributed by atoms with Gasteiger partial charge in [-0.2, -0.15) is 0 Å². The minimum absolute atomic E-state index is 0.358. The number of rotatable bonds is 2. The van der Waals surface area contributed by atoms with Gasteiger partial charge in [-0.25, -0.2) is 30.7 Å². The summed E-state index contributed by atoms with van der Waals surface area (Å²) < 4.78 is 96.1. The van der Waals surface area contributed by atoms with Crippen LogP contribution in [0, 0.1) is 17.7 Å². The first-order chi connectivity index (χ1) is 10.3. The lowest BCUT2D eigenvalue weighted by atomic mass is 9.97. The second-order valence-corrected chi connectivity index (χ2v) is 6.85. The molecule has 1 N–H and O–H groups in total. The lowest BCUT2D eigenvalue weighted by Gasteiger charge is -2.17. The third kappa shape index (κ3) is 1.59. The van der Waals surface area contributed by atoms with Gasteiger partial charge in [-0.1, -0.05) is 13.8 Å². The number of phenols is 1. The van der Waals surface area contributed by atoms with Gasteiger partial charge in [-0.3, -0.25) is 0 Å². The quantitative estimate of drug-likeness (QED) is 0.669. The van der Waals surface area contributed by atoms with Gasteiger partial charge in [0.1, 0.15) is 0 Å². The zero-order valence-corrected chi connectivity index (χ0v) is 13.3. The van der Waals surface area contributed by atoms with E-state index in [1.807, 2.05) is 0 Å². The van der Waals surface area contributed by atoms with Crippen LogP contribution in [0.4, 0.5) is 30.7 Å². The van der Waals surface area contributed by atoms with Gasteiger partial charge < -0.3 is 5.11 Å². The molecule has 2 fully saturated rings. The van der Waals surface area contributed by atoms with Crippen LogP contribution in [0.5, 0.6) is 5.75 Å². The smallest absolute Gasteiger partial charge is 0.292 e. The molecule has 9 heteroatoms. The molecule has 2 saturated carbocycles. The average molecular weight is 407 g/mol. The van der Waals surface area contributed by atoms with E-state index in [2.05, 4.69) is 15.9 Å². The summed E-state index contributed by atoms with van der Waals surface area (Å²) in [6.45, 7) is 1.68. The molecule has 4 atom stereocenters. The van der Waals surface area contributed by atoms with Crippen molar-refractivity contribution in [3.8, 4) is 5.75 Å². The summed E-state index contributed by atoms with van der Waals surface area (Å²) in [5, 5.41) is 9.62. The zero-order chi connectivity index (χ0) is 17.7. The van der Waals surface area contributed by atoms with Crippen LogP contribution in [0.1, 0.15) is 25.0 Å². The molecule has 0 radical (unpaired) electrons. The summed E-state index contributed by atoms with van der Waals surface area (Å²) in [5.74, 6) is -14.6. The molecule has 0 aromatic heterocycles. The summed E-state index contributed by atoms with van der Waals surface area (Å²) in [7, 11) is 0. The summed E-state index contributed by atoms with van der Waals surface area (Å²) in [6.07, 6.45) is 0. The van der Waals surface area contributed by atoms with Crippen molar-refractivity contribution in [2.45, 2.75) is 37.0 Å². The SMILES string of the molecule is CC1C(F)(F)C1(F)c1cc(C2(F)C(C)C2(F)F)c(Br)c(F)c1O. The van der Waals surface area contributed by atoms with Gasteiger partial charge in [-0.15, -0.1) is 0 Å². The van der Waals surface area contributed by atoms with Gasteiger partial charge in [0, 0.05) is 11.1 Å². The minimum Gasteiger partial charge on any atom is -0.505 e. The van der Waals surface area contributed by atoms with Crippen LogP contribution in [0.2, 0.25) is 0 Å². The normalized spacial score (nSPS) is 40.1. The molecule has 4 unspecified atom stereocenters. The molecule has 0 amide bonds. The van der Waals surface area contributed by atoms with Crippen LogP contribution < -0.4 is 0 Å². The molecule has 1 nitrogen and oxygen atoms in total. The van der Waals surface area contributed by atoms with Gasteiger partial charge in [0.05, 0.1) is 16.3 Å². The van der Waals surface area contributed by atoms with Crippen LogP contribution in [-0.2, 0) is 11.3 Å². The second kappa shape index (κ2) is 4.15. The fourth-order valence-corrected chi connectivity index (χ4v) is 3.64. The number of hydrogen-bond acceptors (Lipinski definition) is 1. The first-order valence-electron chi connectivity index (χ1n) is 6.62. The summed E-state index contributed by atoms with van der Waals surface area (Å²) in [5.41, 5.74) is -8.97. The van der Waals surface area contributed by atoms with E-state index in [-0.39, 0.29) is 0 Å². The third-order valence-corrected chi connectivity index (χ3v) is 5.82. The van der Waals surface area contributed by atoms with Crippen molar-refractivity contribution >= 4 is 15.9 Å². The Morgan fingerprint density at radius 3 is 1.61 bits per heavy atom. The Hall–Kier alpha value is -0.990.